The highest BCUT2D eigenvalue weighted by Gasteiger charge is 2.18. The van der Waals surface area contributed by atoms with E-state index in [2.05, 4.69) is 48.9 Å². The summed E-state index contributed by atoms with van der Waals surface area (Å²) in [5.41, 5.74) is 1.16. The fraction of sp³-hybridized carbons (Fsp3) is 0.632. The molecule has 0 amide bonds. The van der Waals surface area contributed by atoms with Crippen LogP contribution in [0.3, 0.4) is 0 Å². The van der Waals surface area contributed by atoms with Crippen LogP contribution in [-0.4, -0.2) is 63.7 Å². The van der Waals surface area contributed by atoms with E-state index in [0.29, 0.717) is 6.54 Å². The van der Waals surface area contributed by atoms with Crippen molar-refractivity contribution in [1.29, 1.82) is 0 Å². The smallest absolute Gasteiger partial charge is 0.191 e. The van der Waals surface area contributed by atoms with E-state index in [4.69, 9.17) is 9.73 Å². The van der Waals surface area contributed by atoms with E-state index in [-0.39, 0.29) is 30.0 Å². The first-order valence-corrected chi connectivity index (χ1v) is 10.3. The fourth-order valence-electron chi connectivity index (χ4n) is 2.58. The number of nitrogens with zero attached hydrogens (tertiary/aromatic N) is 2. The zero-order valence-corrected chi connectivity index (χ0v) is 19.9. The molecule has 0 radical (unpaired) electrons. The summed E-state index contributed by atoms with van der Waals surface area (Å²) in [4.78, 5) is 6.98. The summed E-state index contributed by atoms with van der Waals surface area (Å²) >= 11 is 1.90. The van der Waals surface area contributed by atoms with Gasteiger partial charge in [0.1, 0.15) is 5.75 Å². The number of nitrogens with one attached hydrogen (secondary N) is 2. The Bertz CT molecular complexity index is 514. The second-order valence-electron chi connectivity index (χ2n) is 6.07. The second kappa shape index (κ2) is 15.4. The van der Waals surface area contributed by atoms with Crippen LogP contribution in [0.2, 0.25) is 0 Å². The molecule has 150 valence electrons. The van der Waals surface area contributed by atoms with E-state index in [1.54, 1.807) is 7.11 Å². The Hall–Kier alpha value is -0.670. The van der Waals surface area contributed by atoms with E-state index < -0.39 is 0 Å². The molecule has 1 rings (SSSR count). The minimum absolute atomic E-state index is 0. The number of halogens is 1. The van der Waals surface area contributed by atoms with Crippen LogP contribution in [0.5, 0.6) is 5.75 Å². The molecule has 26 heavy (non-hydrogen) atoms. The van der Waals surface area contributed by atoms with E-state index in [0.717, 1.165) is 36.8 Å². The highest BCUT2D eigenvalue weighted by atomic mass is 127. The van der Waals surface area contributed by atoms with Crippen molar-refractivity contribution in [3.63, 3.8) is 0 Å². The molecule has 0 saturated carbocycles. The van der Waals surface area contributed by atoms with E-state index >= 15 is 0 Å². The average Bonchev–Trinajstić information content (AvgIpc) is 2.61. The number of thioether (sulfide) groups is 1. The minimum atomic E-state index is 0. The molecule has 1 aromatic carbocycles. The van der Waals surface area contributed by atoms with Gasteiger partial charge >= 0.3 is 0 Å². The number of unbranched alkanes of at least 4 members (excludes halogenated alkanes) is 1. The number of hydrogen-bond acceptors (Lipinski definition) is 4. The lowest BCUT2D eigenvalue weighted by Crippen LogP contribution is -2.38. The van der Waals surface area contributed by atoms with Crippen LogP contribution >= 0.6 is 35.7 Å². The third kappa shape index (κ3) is 9.32. The van der Waals surface area contributed by atoms with Crippen molar-refractivity contribution in [3.05, 3.63) is 29.8 Å². The van der Waals surface area contributed by atoms with Crippen LogP contribution in [-0.2, 0) is 0 Å². The lowest BCUT2D eigenvalue weighted by atomic mass is 10.0. The van der Waals surface area contributed by atoms with Gasteiger partial charge in [-0.2, -0.15) is 11.8 Å². The molecular weight excluding hydrogens is 459 g/mol. The van der Waals surface area contributed by atoms with E-state index in [1.807, 2.05) is 30.0 Å². The lowest BCUT2D eigenvalue weighted by Gasteiger charge is -2.25. The lowest BCUT2D eigenvalue weighted by molar-refractivity contribution is 0.295. The maximum Gasteiger partial charge on any atom is 0.191 e. The highest BCUT2D eigenvalue weighted by molar-refractivity contribution is 14.0. The van der Waals surface area contributed by atoms with Gasteiger partial charge < -0.3 is 20.3 Å². The zero-order valence-electron chi connectivity index (χ0n) is 16.7. The number of benzene rings is 1. The van der Waals surface area contributed by atoms with Gasteiger partial charge in [0.25, 0.3) is 0 Å². The second-order valence-corrected chi connectivity index (χ2v) is 7.05. The number of hydrogen-bond donors (Lipinski definition) is 2. The number of rotatable bonds is 11. The van der Waals surface area contributed by atoms with Crippen molar-refractivity contribution >= 4 is 41.7 Å². The standard InChI is InChI=1S/C19H34N4OS.HI/c1-6-20-19(21-13-9-10-14-25-5)22-15-17(23(2)3)16-11-7-8-12-18(16)24-4;/h7-8,11-12,17H,6,9-10,13-15H2,1-5H3,(H2,20,21,22);1H. The maximum atomic E-state index is 5.52. The first kappa shape index (κ1) is 25.3. The predicted molar refractivity (Wildman–Crippen MR) is 126 cm³/mol. The van der Waals surface area contributed by atoms with Crippen molar-refractivity contribution in [3.8, 4) is 5.75 Å². The van der Waals surface area contributed by atoms with Crippen LogP contribution in [0.4, 0.5) is 0 Å². The Labute approximate surface area is 180 Å². The quantitative estimate of drug-likeness (QED) is 0.213. The summed E-state index contributed by atoms with van der Waals surface area (Å²) in [5, 5.41) is 6.77. The topological polar surface area (TPSA) is 48.9 Å². The largest absolute Gasteiger partial charge is 0.496 e. The maximum absolute atomic E-state index is 5.52. The highest BCUT2D eigenvalue weighted by Crippen LogP contribution is 2.28. The molecule has 1 aromatic rings. The summed E-state index contributed by atoms with van der Waals surface area (Å²) in [6.07, 6.45) is 4.54. The molecule has 0 aromatic heterocycles. The predicted octanol–water partition coefficient (Wildman–Crippen LogP) is 3.61. The Morgan fingerprint density at radius 3 is 2.58 bits per heavy atom. The van der Waals surface area contributed by atoms with Crippen molar-refractivity contribution in [2.24, 2.45) is 4.99 Å². The van der Waals surface area contributed by atoms with Gasteiger partial charge in [-0.05, 0) is 51.9 Å². The molecular formula is C19H35IN4OS. The van der Waals surface area contributed by atoms with Crippen molar-refractivity contribution in [2.45, 2.75) is 25.8 Å². The minimum Gasteiger partial charge on any atom is -0.496 e. The third-order valence-electron chi connectivity index (χ3n) is 3.96. The van der Waals surface area contributed by atoms with Gasteiger partial charge in [-0.3, -0.25) is 4.99 Å². The number of para-hydroxylation sites is 1. The molecule has 0 heterocycles. The Morgan fingerprint density at radius 1 is 1.23 bits per heavy atom. The summed E-state index contributed by atoms with van der Waals surface area (Å²) in [7, 11) is 5.87. The van der Waals surface area contributed by atoms with Gasteiger partial charge in [0.2, 0.25) is 0 Å². The van der Waals surface area contributed by atoms with E-state index in [1.165, 1.54) is 12.2 Å². The Kier molecular flexibility index (Phi) is 15.0. The van der Waals surface area contributed by atoms with Crippen LogP contribution in [0.25, 0.3) is 0 Å². The van der Waals surface area contributed by atoms with Gasteiger partial charge in [0.05, 0.1) is 19.7 Å². The molecule has 0 spiro atoms. The van der Waals surface area contributed by atoms with E-state index in [9.17, 15) is 0 Å². The molecule has 0 bridgehead atoms. The van der Waals surface area contributed by atoms with Crippen LogP contribution in [0.15, 0.2) is 29.3 Å². The third-order valence-corrected chi connectivity index (χ3v) is 4.65. The molecule has 2 N–H and O–H groups in total. The normalized spacial score (nSPS) is 12.5. The average molecular weight is 494 g/mol. The first-order chi connectivity index (χ1) is 12.1. The summed E-state index contributed by atoms with van der Waals surface area (Å²) in [6, 6.07) is 8.33. The molecule has 1 unspecified atom stereocenters. The Morgan fingerprint density at radius 2 is 1.96 bits per heavy atom. The number of methoxy groups -OCH3 is 1. The Balaban J connectivity index is 0.00000625. The number of likely N-dealkylation sites (N-methyl/N-ethyl adjacent to an activating group) is 1. The molecule has 7 heteroatoms. The monoisotopic (exact) mass is 494 g/mol. The van der Waals surface area contributed by atoms with Crippen molar-refractivity contribution < 1.29 is 4.74 Å². The molecule has 1 atom stereocenters. The molecule has 0 fully saturated rings. The van der Waals surface area contributed by atoms with Gasteiger partial charge in [-0.1, -0.05) is 18.2 Å². The van der Waals surface area contributed by atoms with Gasteiger partial charge in [0, 0.05) is 18.7 Å². The summed E-state index contributed by atoms with van der Waals surface area (Å²) in [6.45, 7) is 4.58. The zero-order chi connectivity index (χ0) is 18.5. The van der Waals surface area contributed by atoms with Gasteiger partial charge in [-0.15, -0.1) is 24.0 Å². The fourth-order valence-corrected chi connectivity index (χ4v) is 3.07. The molecule has 0 aliphatic heterocycles. The number of guanidine groups is 1. The first-order valence-electron chi connectivity index (χ1n) is 8.94. The van der Waals surface area contributed by atoms with Crippen molar-refractivity contribution in [1.82, 2.24) is 15.5 Å². The molecule has 5 nitrogen and oxygen atoms in total. The van der Waals surface area contributed by atoms with Crippen molar-refractivity contribution in [2.75, 3.05) is 52.8 Å². The number of ether oxygens (including phenoxy) is 1. The van der Waals surface area contributed by atoms with Crippen LogP contribution in [0.1, 0.15) is 31.4 Å². The summed E-state index contributed by atoms with van der Waals surface area (Å²) in [5.74, 6) is 3.01. The summed E-state index contributed by atoms with van der Waals surface area (Å²) < 4.78 is 5.52. The molecule has 0 saturated heterocycles. The molecule has 0 aliphatic rings. The SMILES string of the molecule is CCNC(=NCC(c1ccccc1OC)N(C)C)NCCCCSC.I. The van der Waals surface area contributed by atoms with Gasteiger partial charge in [-0.25, -0.2) is 0 Å². The molecule has 0 aliphatic carbocycles. The van der Waals surface area contributed by atoms with Gasteiger partial charge in [0.15, 0.2) is 5.96 Å². The number of aliphatic imine (C=N–C) groups is 1. The van der Waals surface area contributed by atoms with Crippen LogP contribution < -0.4 is 15.4 Å². The van der Waals surface area contributed by atoms with Crippen LogP contribution in [0, 0.1) is 0 Å².